The van der Waals surface area contributed by atoms with Crippen LogP contribution in [0.3, 0.4) is 0 Å². The number of fused-ring (bicyclic) bond motifs is 2. The minimum absolute atomic E-state index is 0. The number of aryl methyl sites for hydroxylation is 1. The van der Waals surface area contributed by atoms with E-state index in [1.165, 1.54) is 12.1 Å². The van der Waals surface area contributed by atoms with Crippen molar-refractivity contribution in [1.29, 1.82) is 0 Å². The predicted octanol–water partition coefficient (Wildman–Crippen LogP) is -3.82. The van der Waals surface area contributed by atoms with E-state index in [0.29, 0.717) is 6.54 Å². The largest absolute Gasteiger partial charge is 1.00 e. The van der Waals surface area contributed by atoms with E-state index < -0.39 is 34.3 Å². The molecule has 3 aromatic carbocycles. The Labute approximate surface area is 369 Å². The molecule has 2 heterocycles. The van der Waals surface area contributed by atoms with Crippen molar-refractivity contribution in [2.75, 3.05) is 23.7 Å². The summed E-state index contributed by atoms with van der Waals surface area (Å²) in [4.78, 5) is 25.6. The van der Waals surface area contributed by atoms with Crippen molar-refractivity contribution in [2.45, 2.75) is 45.4 Å². The maximum Gasteiger partial charge on any atom is 1.00 e. The van der Waals surface area contributed by atoms with Crippen LogP contribution in [0.5, 0.6) is 0 Å². The first kappa shape index (κ1) is 46.3. The second-order valence-corrected chi connectivity index (χ2v) is 16.2. The Balaban J connectivity index is 0.00000300. The summed E-state index contributed by atoms with van der Waals surface area (Å²) in [5.74, 6) is -0.505. The molecule has 0 radical (unpaired) electrons. The molecule has 51 heavy (non-hydrogen) atoms. The first-order valence-corrected chi connectivity index (χ1v) is 18.8. The third kappa shape index (κ3) is 10.3. The van der Waals surface area contributed by atoms with Gasteiger partial charge in [0.1, 0.15) is 10.1 Å². The Hall–Kier alpha value is -0.850. The van der Waals surface area contributed by atoms with E-state index in [4.69, 9.17) is 0 Å². The van der Waals surface area contributed by atoms with Gasteiger partial charge in [-0.1, -0.05) is 86.2 Å². The third-order valence-electron chi connectivity index (χ3n) is 9.19. The van der Waals surface area contributed by atoms with E-state index in [9.17, 15) is 27.3 Å². The van der Waals surface area contributed by atoms with Gasteiger partial charge >= 0.3 is 88.7 Å². The predicted molar refractivity (Wildman–Crippen MR) is 189 cm³/mol. The Morgan fingerprint density at radius 2 is 1.59 bits per heavy atom. The van der Waals surface area contributed by atoms with E-state index in [2.05, 4.69) is 26.8 Å². The van der Waals surface area contributed by atoms with Crippen LogP contribution >= 0.6 is 7.60 Å². The standard InChI is InChI=1S/C38H43N2O6PS.3Na/c1-7-39-33-22-20-30(47(41,42)43)26-32(33)38(5,6)35(39)17-11-15-29(28-13-9-8-10-14-28)16-12-18-36-37(3,4)31-25-27(2)19-21-34(31)40(36)23-24-48(44,45)46;;;/h8-22,25-26H,1,7,23-24H2,2-6H3,(H2,41,42,43)(H,44,45,46);;;/q;3*+1/p-3. The van der Waals surface area contributed by atoms with E-state index in [1.807, 2.05) is 109 Å². The molecule has 0 saturated carbocycles. The minimum Gasteiger partial charge on any atom is -0.807 e. The zero-order valence-corrected chi connectivity index (χ0v) is 38.6. The van der Waals surface area contributed by atoms with Gasteiger partial charge in [0.2, 0.25) is 5.69 Å². The van der Waals surface area contributed by atoms with Crippen molar-refractivity contribution < 1.29 is 121 Å². The van der Waals surface area contributed by atoms with Gasteiger partial charge in [-0.15, -0.1) is 6.54 Å². The first-order chi connectivity index (χ1) is 22.4. The van der Waals surface area contributed by atoms with Crippen LogP contribution in [0.4, 0.5) is 11.4 Å². The van der Waals surface area contributed by atoms with E-state index >= 15 is 0 Å². The van der Waals surface area contributed by atoms with Crippen molar-refractivity contribution in [2.24, 2.45) is 0 Å². The number of rotatable bonds is 10. The van der Waals surface area contributed by atoms with Gasteiger partial charge in [-0.3, -0.25) is 0 Å². The first-order valence-electron chi connectivity index (χ1n) is 15.7. The van der Waals surface area contributed by atoms with Crippen LogP contribution in [0.25, 0.3) is 5.57 Å². The second-order valence-electron chi connectivity index (χ2n) is 13.2. The molecule has 0 aliphatic carbocycles. The number of hydrogen-bond acceptors (Lipinski definition) is 7. The molecule has 0 unspecified atom stereocenters. The van der Waals surface area contributed by atoms with Crippen LogP contribution in [0.15, 0.2) is 109 Å². The molecule has 0 aromatic heterocycles. The molecule has 0 N–H and O–H groups in total. The topological polar surface area (TPSA) is 127 Å². The van der Waals surface area contributed by atoms with Crippen molar-refractivity contribution in [1.82, 2.24) is 0 Å². The van der Waals surface area contributed by atoms with Gasteiger partial charge in [0.25, 0.3) is 0 Å². The van der Waals surface area contributed by atoms with Crippen LogP contribution < -0.4 is 109 Å². The van der Waals surface area contributed by atoms with Gasteiger partial charge < -0.3 is 30.7 Å². The molecule has 0 saturated heterocycles. The average Bonchev–Trinajstić information content (AvgIpc) is 3.36. The molecule has 0 atom stereocenters. The van der Waals surface area contributed by atoms with Crippen LogP contribution in [0.2, 0.25) is 0 Å². The molecule has 0 amide bonds. The molecule has 0 spiro atoms. The zero-order chi connectivity index (χ0) is 35.1. The van der Waals surface area contributed by atoms with Crippen molar-refractivity contribution in [3.8, 4) is 0 Å². The van der Waals surface area contributed by atoms with Crippen LogP contribution in [-0.4, -0.2) is 42.1 Å². The average molecular weight is 753 g/mol. The normalized spacial score (nSPS) is 17.3. The Morgan fingerprint density at radius 3 is 2.20 bits per heavy atom. The van der Waals surface area contributed by atoms with Crippen LogP contribution in [0, 0.1) is 13.8 Å². The monoisotopic (exact) mass is 752 g/mol. The second kappa shape index (κ2) is 18.2. The number of nitrogens with zero attached hydrogens (tertiary/aromatic N) is 2. The Kier molecular flexibility index (Phi) is 16.5. The number of benzene rings is 3. The summed E-state index contributed by atoms with van der Waals surface area (Å²) in [7, 11) is -9.33. The fourth-order valence-corrected chi connectivity index (χ4v) is 7.62. The van der Waals surface area contributed by atoms with Gasteiger partial charge in [-0.2, -0.15) is 4.58 Å². The maximum atomic E-state index is 11.8. The molecule has 252 valence electrons. The molecule has 2 aliphatic rings. The summed E-state index contributed by atoms with van der Waals surface area (Å²) in [6.45, 7) is 14.7. The molecule has 2 aliphatic heterocycles. The van der Waals surface area contributed by atoms with Crippen LogP contribution in [0.1, 0.15) is 49.9 Å². The SMILES string of the molecule is [CH2-]CN1/C(=C/C=C/C(=C/C=C/C2=[N+](CCS(=O)(=O)[O-])c3ccc(C)cc3C2(C)C)c2ccccc2)C(C)(C)c2cc(P(=O)([O-])[O-])ccc21.[Na+].[Na+].[Na+]. The van der Waals surface area contributed by atoms with Gasteiger partial charge in [0, 0.05) is 34.5 Å². The van der Waals surface area contributed by atoms with Crippen molar-refractivity contribution in [3.63, 3.8) is 0 Å². The minimum atomic E-state index is -4.91. The Bertz CT molecular complexity index is 2070. The summed E-state index contributed by atoms with van der Waals surface area (Å²) in [6, 6.07) is 20.4. The van der Waals surface area contributed by atoms with E-state index in [1.54, 1.807) is 6.07 Å². The van der Waals surface area contributed by atoms with Crippen LogP contribution in [-0.2, 0) is 25.5 Å². The summed E-state index contributed by atoms with van der Waals surface area (Å²) in [6.07, 6.45) is 11.8. The smallest absolute Gasteiger partial charge is 0.807 e. The molecule has 0 fully saturated rings. The molecule has 3 aromatic rings. The molecular weight excluding hydrogens is 712 g/mol. The van der Waals surface area contributed by atoms with Crippen molar-refractivity contribution >= 4 is 45.7 Å². The third-order valence-corrected chi connectivity index (χ3v) is 10.8. The molecule has 5 rings (SSSR count). The summed E-state index contributed by atoms with van der Waals surface area (Å²) < 4.78 is 48.5. The number of hydrogen-bond donors (Lipinski definition) is 0. The maximum absolute atomic E-state index is 11.8. The fraction of sp³-hybridized carbons (Fsp3) is 0.263. The Morgan fingerprint density at radius 1 is 0.922 bits per heavy atom. The molecule has 0 bridgehead atoms. The summed E-state index contributed by atoms with van der Waals surface area (Å²) in [5, 5.41) is -0.231. The summed E-state index contributed by atoms with van der Waals surface area (Å²) >= 11 is 0. The van der Waals surface area contributed by atoms with Gasteiger partial charge in [-0.05, 0) is 74.6 Å². The fourth-order valence-electron chi connectivity index (χ4n) is 6.67. The quantitative estimate of drug-likeness (QED) is 0.0520. The number of allylic oxidation sites excluding steroid dienone is 8. The van der Waals surface area contributed by atoms with Gasteiger partial charge in [0.15, 0.2) is 12.3 Å². The van der Waals surface area contributed by atoms with E-state index in [0.717, 1.165) is 50.6 Å². The number of anilines is 1. The summed E-state index contributed by atoms with van der Waals surface area (Å²) in [5.41, 5.74) is 7.30. The molecule has 8 nitrogen and oxygen atoms in total. The van der Waals surface area contributed by atoms with Gasteiger partial charge in [-0.25, -0.2) is 8.42 Å². The van der Waals surface area contributed by atoms with Crippen molar-refractivity contribution in [3.05, 3.63) is 138 Å². The van der Waals surface area contributed by atoms with E-state index in [-0.39, 0.29) is 101 Å². The van der Waals surface area contributed by atoms with Gasteiger partial charge in [0.05, 0.1) is 11.2 Å². The zero-order valence-electron chi connectivity index (χ0n) is 30.8. The molecule has 13 heteroatoms. The molecular formula is C38H40N2Na3O6PS.